The summed E-state index contributed by atoms with van der Waals surface area (Å²) in [7, 11) is 1.78. The number of hydrogen-bond donors (Lipinski definition) is 1. The van der Waals surface area contributed by atoms with Gasteiger partial charge in [-0.2, -0.15) is 0 Å². The first-order valence-corrected chi connectivity index (χ1v) is 8.34. The molecule has 3 rings (SSSR count). The number of thiazole rings is 1. The Morgan fingerprint density at radius 2 is 2.00 bits per heavy atom. The summed E-state index contributed by atoms with van der Waals surface area (Å²) in [5.41, 5.74) is 1.71. The third kappa shape index (κ3) is 3.03. The fourth-order valence-corrected chi connectivity index (χ4v) is 4.12. The summed E-state index contributed by atoms with van der Waals surface area (Å²) in [5, 5.41) is 13.4. The monoisotopic (exact) mass is 303 g/mol. The minimum Gasteiger partial charge on any atom is -0.388 e. The molecule has 0 amide bonds. The molecule has 0 bridgehead atoms. The highest BCUT2D eigenvalue weighted by atomic mass is 32.1. The highest BCUT2D eigenvalue weighted by Gasteiger charge is 2.38. The fraction of sp³-hybridized carbons (Fsp3) is 0.471. The number of ether oxygens (including phenoxy) is 1. The van der Waals surface area contributed by atoms with E-state index in [0.29, 0.717) is 6.42 Å². The first-order chi connectivity index (χ1) is 10.2. The molecule has 1 atom stereocenters. The van der Waals surface area contributed by atoms with Crippen LogP contribution >= 0.6 is 11.3 Å². The summed E-state index contributed by atoms with van der Waals surface area (Å²) in [6.45, 7) is 0. The van der Waals surface area contributed by atoms with Crippen molar-refractivity contribution in [3.05, 3.63) is 52.0 Å². The average Bonchev–Trinajstić information content (AvgIpc) is 3.17. The van der Waals surface area contributed by atoms with Gasteiger partial charge in [0.15, 0.2) is 0 Å². The Bertz CT molecular complexity index is 575. The second kappa shape index (κ2) is 6.26. The van der Waals surface area contributed by atoms with E-state index in [2.05, 4.69) is 5.38 Å². The van der Waals surface area contributed by atoms with Crippen molar-refractivity contribution in [3.63, 3.8) is 0 Å². The Labute approximate surface area is 129 Å². The molecule has 4 heteroatoms. The van der Waals surface area contributed by atoms with Gasteiger partial charge in [0.05, 0.1) is 11.8 Å². The van der Waals surface area contributed by atoms with E-state index < -0.39 is 6.10 Å². The van der Waals surface area contributed by atoms with Crippen molar-refractivity contribution in [2.24, 2.45) is 0 Å². The Kier molecular flexibility index (Phi) is 4.38. The zero-order valence-electron chi connectivity index (χ0n) is 12.3. The highest BCUT2D eigenvalue weighted by molar-refractivity contribution is 7.09. The number of hydrogen-bond acceptors (Lipinski definition) is 4. The highest BCUT2D eigenvalue weighted by Crippen LogP contribution is 2.43. The second-order valence-corrected chi connectivity index (χ2v) is 6.54. The van der Waals surface area contributed by atoms with Gasteiger partial charge in [-0.1, -0.05) is 43.2 Å². The molecule has 21 heavy (non-hydrogen) atoms. The van der Waals surface area contributed by atoms with Crippen LogP contribution in [0.3, 0.4) is 0 Å². The number of benzene rings is 1. The predicted octanol–water partition coefficient (Wildman–Crippen LogP) is 3.83. The third-order valence-electron chi connectivity index (χ3n) is 4.33. The average molecular weight is 303 g/mol. The number of aliphatic hydroxyl groups excluding tert-OH is 1. The predicted molar refractivity (Wildman–Crippen MR) is 84.4 cm³/mol. The number of aliphatic hydroxyl groups is 1. The van der Waals surface area contributed by atoms with Crippen LogP contribution in [0.4, 0.5) is 0 Å². The van der Waals surface area contributed by atoms with Gasteiger partial charge in [0.2, 0.25) is 0 Å². The second-order valence-electron chi connectivity index (χ2n) is 5.68. The van der Waals surface area contributed by atoms with Gasteiger partial charge in [-0.15, -0.1) is 11.3 Å². The Morgan fingerprint density at radius 1 is 1.29 bits per heavy atom. The lowest BCUT2D eigenvalue weighted by molar-refractivity contribution is -0.00902. The van der Waals surface area contributed by atoms with Crippen molar-refractivity contribution in [2.45, 2.75) is 43.8 Å². The molecule has 0 saturated heterocycles. The van der Waals surface area contributed by atoms with Crippen molar-refractivity contribution in [1.82, 2.24) is 4.98 Å². The van der Waals surface area contributed by atoms with E-state index in [-0.39, 0.29) is 5.60 Å². The molecule has 1 saturated carbocycles. The Balaban J connectivity index is 1.73. The standard InChI is InChI=1S/C17H21NO2S/c1-20-17(9-5-6-10-17)16-18-14(12-21-16)11-15(19)13-7-3-2-4-8-13/h2-4,7-8,12,15,19H,5-6,9-11H2,1H3. The molecule has 1 aliphatic carbocycles. The summed E-state index contributed by atoms with van der Waals surface area (Å²) in [6, 6.07) is 9.75. The lowest BCUT2D eigenvalue weighted by Crippen LogP contribution is -2.24. The summed E-state index contributed by atoms with van der Waals surface area (Å²) in [5.74, 6) is 0. The maximum Gasteiger partial charge on any atom is 0.125 e. The molecule has 0 aliphatic heterocycles. The van der Waals surface area contributed by atoms with E-state index in [4.69, 9.17) is 9.72 Å². The largest absolute Gasteiger partial charge is 0.388 e. The van der Waals surface area contributed by atoms with Crippen LogP contribution in [-0.4, -0.2) is 17.2 Å². The normalized spacial score (nSPS) is 18.8. The molecule has 1 aliphatic rings. The topological polar surface area (TPSA) is 42.4 Å². The number of aromatic nitrogens is 1. The molecular formula is C17H21NO2S. The number of rotatable bonds is 5. The first-order valence-electron chi connectivity index (χ1n) is 7.46. The smallest absolute Gasteiger partial charge is 0.125 e. The molecule has 1 N–H and O–H groups in total. The van der Waals surface area contributed by atoms with E-state index >= 15 is 0 Å². The molecule has 0 spiro atoms. The molecule has 1 heterocycles. The van der Waals surface area contributed by atoms with Crippen LogP contribution in [0.2, 0.25) is 0 Å². The summed E-state index contributed by atoms with van der Waals surface area (Å²) in [6.07, 6.45) is 4.57. The van der Waals surface area contributed by atoms with Crippen LogP contribution in [-0.2, 0) is 16.8 Å². The zero-order chi connectivity index (χ0) is 14.7. The third-order valence-corrected chi connectivity index (χ3v) is 5.41. The van der Waals surface area contributed by atoms with Crippen LogP contribution in [0.15, 0.2) is 35.7 Å². The van der Waals surface area contributed by atoms with Crippen molar-refractivity contribution in [3.8, 4) is 0 Å². The number of nitrogens with zero attached hydrogens (tertiary/aromatic N) is 1. The van der Waals surface area contributed by atoms with Crippen molar-refractivity contribution in [1.29, 1.82) is 0 Å². The molecule has 1 aromatic carbocycles. The van der Waals surface area contributed by atoms with Gasteiger partial charge in [0.25, 0.3) is 0 Å². The molecule has 1 unspecified atom stereocenters. The van der Waals surface area contributed by atoms with E-state index in [1.165, 1.54) is 12.8 Å². The molecule has 3 nitrogen and oxygen atoms in total. The maximum absolute atomic E-state index is 10.3. The van der Waals surface area contributed by atoms with Gasteiger partial charge in [-0.3, -0.25) is 0 Å². The summed E-state index contributed by atoms with van der Waals surface area (Å²) < 4.78 is 5.77. The molecule has 2 aromatic rings. The van der Waals surface area contributed by atoms with Gasteiger partial charge in [0, 0.05) is 18.9 Å². The van der Waals surface area contributed by atoms with E-state index in [9.17, 15) is 5.11 Å². The van der Waals surface area contributed by atoms with E-state index in [1.807, 2.05) is 30.3 Å². The van der Waals surface area contributed by atoms with Crippen LogP contribution in [0.1, 0.15) is 48.1 Å². The first kappa shape index (κ1) is 14.7. The van der Waals surface area contributed by atoms with Crippen LogP contribution < -0.4 is 0 Å². The van der Waals surface area contributed by atoms with Gasteiger partial charge < -0.3 is 9.84 Å². The SMILES string of the molecule is COC1(c2nc(CC(O)c3ccccc3)cs2)CCCC1. The zero-order valence-corrected chi connectivity index (χ0v) is 13.1. The van der Waals surface area contributed by atoms with Crippen LogP contribution in [0.25, 0.3) is 0 Å². The molecule has 0 radical (unpaired) electrons. The fourth-order valence-electron chi connectivity index (χ4n) is 3.05. The van der Waals surface area contributed by atoms with Crippen molar-refractivity contribution >= 4 is 11.3 Å². The van der Waals surface area contributed by atoms with Crippen LogP contribution in [0, 0.1) is 0 Å². The lowest BCUT2D eigenvalue weighted by atomic mass is 10.0. The minimum absolute atomic E-state index is 0.180. The summed E-state index contributed by atoms with van der Waals surface area (Å²) in [4.78, 5) is 4.73. The number of methoxy groups -OCH3 is 1. The van der Waals surface area contributed by atoms with Crippen LogP contribution in [0.5, 0.6) is 0 Å². The minimum atomic E-state index is -0.497. The van der Waals surface area contributed by atoms with E-state index in [0.717, 1.165) is 29.1 Å². The van der Waals surface area contributed by atoms with Gasteiger partial charge in [-0.25, -0.2) is 4.98 Å². The van der Waals surface area contributed by atoms with Gasteiger partial charge in [-0.05, 0) is 18.4 Å². The van der Waals surface area contributed by atoms with Crippen molar-refractivity contribution in [2.75, 3.05) is 7.11 Å². The van der Waals surface area contributed by atoms with E-state index in [1.54, 1.807) is 18.4 Å². The molecule has 1 aromatic heterocycles. The Hall–Kier alpha value is -1.23. The quantitative estimate of drug-likeness (QED) is 0.912. The molecular weight excluding hydrogens is 282 g/mol. The van der Waals surface area contributed by atoms with Gasteiger partial charge in [0.1, 0.15) is 10.6 Å². The maximum atomic E-state index is 10.3. The Morgan fingerprint density at radius 3 is 2.67 bits per heavy atom. The van der Waals surface area contributed by atoms with Crippen molar-refractivity contribution < 1.29 is 9.84 Å². The molecule has 112 valence electrons. The molecule has 1 fully saturated rings. The summed E-state index contributed by atoms with van der Waals surface area (Å²) >= 11 is 1.66. The lowest BCUT2D eigenvalue weighted by Gasteiger charge is -2.24. The van der Waals surface area contributed by atoms with Gasteiger partial charge >= 0.3 is 0 Å².